The number of aryl methyl sites for hydroxylation is 2. The summed E-state index contributed by atoms with van der Waals surface area (Å²) in [6, 6.07) is 15.2. The molecule has 0 amide bonds. The van der Waals surface area contributed by atoms with Crippen molar-refractivity contribution in [2.24, 2.45) is 0 Å². The Kier molecular flexibility index (Phi) is 4.26. The molecule has 0 N–H and O–H groups in total. The molecule has 0 fully saturated rings. The quantitative estimate of drug-likeness (QED) is 0.844. The molecule has 0 aliphatic carbocycles. The van der Waals surface area contributed by atoms with Gasteiger partial charge in [0.25, 0.3) is 0 Å². The Labute approximate surface area is 127 Å². The van der Waals surface area contributed by atoms with E-state index in [2.05, 4.69) is 54.3 Å². The number of fused-ring (bicyclic) bond motifs is 1. The van der Waals surface area contributed by atoms with Crippen LogP contribution in [-0.4, -0.2) is 18.6 Å². The molecule has 2 aromatic carbocycles. The van der Waals surface area contributed by atoms with E-state index in [1.54, 1.807) is 7.11 Å². The first kappa shape index (κ1) is 14.2. The average Bonchev–Trinajstić information content (AvgIpc) is 2.70. The Morgan fingerprint density at radius 2 is 1.95 bits per heavy atom. The molecule has 2 aromatic rings. The molecule has 0 bridgehead atoms. The molecular formula is C19H23NO. The van der Waals surface area contributed by atoms with Crippen molar-refractivity contribution in [3.05, 3.63) is 64.7 Å². The highest BCUT2D eigenvalue weighted by Crippen LogP contribution is 2.24. The maximum Gasteiger partial charge on any atom is 0.119 e. The lowest BCUT2D eigenvalue weighted by atomic mass is 10.0. The zero-order valence-electron chi connectivity index (χ0n) is 12.9. The lowest BCUT2D eigenvalue weighted by Crippen LogP contribution is -2.23. The van der Waals surface area contributed by atoms with Crippen molar-refractivity contribution in [2.45, 2.75) is 32.9 Å². The second-order valence-corrected chi connectivity index (χ2v) is 5.88. The fourth-order valence-corrected chi connectivity index (χ4v) is 3.10. The van der Waals surface area contributed by atoms with Crippen LogP contribution in [-0.2, 0) is 19.5 Å². The summed E-state index contributed by atoms with van der Waals surface area (Å²) < 4.78 is 5.38. The number of hydrogen-bond acceptors (Lipinski definition) is 2. The van der Waals surface area contributed by atoms with Crippen LogP contribution in [0.1, 0.15) is 28.7 Å². The SMILES string of the molecule is COc1ccc2c(c1)CN(Cc1ccccc1C)CCC2. The standard InChI is InChI=1S/C19H23NO/c1-15-6-3-4-7-17(15)13-20-11-5-8-16-9-10-19(21-2)12-18(16)14-20/h3-4,6-7,9-10,12H,5,8,11,13-14H2,1-2H3. The van der Waals surface area contributed by atoms with Gasteiger partial charge >= 0.3 is 0 Å². The molecular weight excluding hydrogens is 258 g/mol. The van der Waals surface area contributed by atoms with Gasteiger partial charge in [-0.1, -0.05) is 30.3 Å². The molecule has 0 aromatic heterocycles. The summed E-state index contributed by atoms with van der Waals surface area (Å²) in [5.41, 5.74) is 5.71. The van der Waals surface area contributed by atoms with E-state index in [9.17, 15) is 0 Å². The van der Waals surface area contributed by atoms with Gasteiger partial charge in [-0.15, -0.1) is 0 Å². The van der Waals surface area contributed by atoms with Crippen molar-refractivity contribution >= 4 is 0 Å². The van der Waals surface area contributed by atoms with E-state index in [1.807, 2.05) is 0 Å². The van der Waals surface area contributed by atoms with Crippen LogP contribution < -0.4 is 4.74 Å². The Morgan fingerprint density at radius 1 is 1.10 bits per heavy atom. The lowest BCUT2D eigenvalue weighted by Gasteiger charge is -2.21. The molecule has 2 nitrogen and oxygen atoms in total. The molecule has 0 radical (unpaired) electrons. The molecule has 1 aliphatic rings. The van der Waals surface area contributed by atoms with E-state index < -0.39 is 0 Å². The molecule has 0 atom stereocenters. The third-order valence-corrected chi connectivity index (χ3v) is 4.38. The second kappa shape index (κ2) is 6.31. The molecule has 0 saturated carbocycles. The van der Waals surface area contributed by atoms with Crippen molar-refractivity contribution < 1.29 is 4.74 Å². The smallest absolute Gasteiger partial charge is 0.119 e. The van der Waals surface area contributed by atoms with Gasteiger partial charge in [-0.2, -0.15) is 0 Å². The number of ether oxygens (including phenoxy) is 1. The molecule has 21 heavy (non-hydrogen) atoms. The van der Waals surface area contributed by atoms with Crippen LogP contribution in [0.4, 0.5) is 0 Å². The fraction of sp³-hybridized carbons (Fsp3) is 0.368. The third kappa shape index (κ3) is 3.27. The van der Waals surface area contributed by atoms with E-state index in [0.29, 0.717) is 0 Å². The maximum absolute atomic E-state index is 5.38. The lowest BCUT2D eigenvalue weighted by molar-refractivity contribution is 0.260. The molecule has 0 saturated heterocycles. The highest BCUT2D eigenvalue weighted by atomic mass is 16.5. The predicted molar refractivity (Wildman–Crippen MR) is 86.6 cm³/mol. The van der Waals surface area contributed by atoms with Gasteiger partial charge in [0.1, 0.15) is 5.75 Å². The number of nitrogens with zero attached hydrogens (tertiary/aromatic N) is 1. The molecule has 0 spiro atoms. The Hall–Kier alpha value is -1.80. The molecule has 2 heteroatoms. The first-order valence-electron chi connectivity index (χ1n) is 7.69. The molecule has 3 rings (SSSR count). The number of hydrogen-bond donors (Lipinski definition) is 0. The normalized spacial score (nSPS) is 15.3. The van der Waals surface area contributed by atoms with Crippen LogP contribution in [0.2, 0.25) is 0 Å². The van der Waals surface area contributed by atoms with Gasteiger partial charge in [0, 0.05) is 13.1 Å². The summed E-state index contributed by atoms with van der Waals surface area (Å²) in [5, 5.41) is 0. The summed E-state index contributed by atoms with van der Waals surface area (Å²) in [5.74, 6) is 0.964. The summed E-state index contributed by atoms with van der Waals surface area (Å²) >= 11 is 0. The van der Waals surface area contributed by atoms with Crippen molar-refractivity contribution in [1.29, 1.82) is 0 Å². The highest BCUT2D eigenvalue weighted by Gasteiger charge is 2.15. The summed E-state index contributed by atoms with van der Waals surface area (Å²) in [6.45, 7) is 5.40. The van der Waals surface area contributed by atoms with Crippen molar-refractivity contribution in [3.8, 4) is 5.75 Å². The van der Waals surface area contributed by atoms with Gasteiger partial charge < -0.3 is 4.74 Å². The van der Waals surface area contributed by atoms with Gasteiger partial charge in [-0.25, -0.2) is 0 Å². The van der Waals surface area contributed by atoms with Crippen LogP contribution in [0.5, 0.6) is 5.75 Å². The van der Waals surface area contributed by atoms with E-state index in [0.717, 1.165) is 25.4 Å². The number of rotatable bonds is 3. The van der Waals surface area contributed by atoms with Crippen molar-refractivity contribution in [2.75, 3.05) is 13.7 Å². The first-order valence-corrected chi connectivity index (χ1v) is 7.69. The van der Waals surface area contributed by atoms with Crippen LogP contribution in [0.25, 0.3) is 0 Å². The van der Waals surface area contributed by atoms with E-state index >= 15 is 0 Å². The minimum absolute atomic E-state index is 0.964. The van der Waals surface area contributed by atoms with Crippen LogP contribution in [0.3, 0.4) is 0 Å². The van der Waals surface area contributed by atoms with Gasteiger partial charge in [0.15, 0.2) is 0 Å². The van der Waals surface area contributed by atoms with Crippen LogP contribution >= 0.6 is 0 Å². The number of benzene rings is 2. The van der Waals surface area contributed by atoms with Gasteiger partial charge in [0.05, 0.1) is 7.11 Å². The first-order chi connectivity index (χ1) is 10.3. The van der Waals surface area contributed by atoms with Crippen LogP contribution in [0, 0.1) is 6.92 Å². The molecule has 1 aliphatic heterocycles. The summed E-state index contributed by atoms with van der Waals surface area (Å²) in [7, 11) is 1.74. The Balaban J connectivity index is 1.80. The highest BCUT2D eigenvalue weighted by molar-refractivity contribution is 5.36. The molecule has 1 heterocycles. The minimum atomic E-state index is 0.964. The molecule has 0 unspecified atom stereocenters. The predicted octanol–water partition coefficient (Wildman–Crippen LogP) is 3.95. The minimum Gasteiger partial charge on any atom is -0.497 e. The summed E-state index contributed by atoms with van der Waals surface area (Å²) in [4.78, 5) is 2.55. The Morgan fingerprint density at radius 3 is 2.76 bits per heavy atom. The van der Waals surface area contributed by atoms with E-state index in [1.165, 1.54) is 35.1 Å². The van der Waals surface area contributed by atoms with E-state index in [4.69, 9.17) is 4.74 Å². The van der Waals surface area contributed by atoms with Crippen LogP contribution in [0.15, 0.2) is 42.5 Å². The van der Waals surface area contributed by atoms with Crippen molar-refractivity contribution in [3.63, 3.8) is 0 Å². The maximum atomic E-state index is 5.38. The monoisotopic (exact) mass is 281 g/mol. The van der Waals surface area contributed by atoms with Crippen molar-refractivity contribution in [1.82, 2.24) is 4.90 Å². The fourth-order valence-electron chi connectivity index (χ4n) is 3.10. The third-order valence-electron chi connectivity index (χ3n) is 4.38. The zero-order chi connectivity index (χ0) is 14.7. The zero-order valence-corrected chi connectivity index (χ0v) is 12.9. The summed E-state index contributed by atoms with van der Waals surface area (Å²) in [6.07, 6.45) is 2.40. The average molecular weight is 281 g/mol. The topological polar surface area (TPSA) is 12.5 Å². The second-order valence-electron chi connectivity index (χ2n) is 5.88. The van der Waals surface area contributed by atoms with Gasteiger partial charge in [-0.05, 0) is 60.7 Å². The van der Waals surface area contributed by atoms with E-state index in [-0.39, 0.29) is 0 Å². The Bertz CT molecular complexity index is 621. The van der Waals surface area contributed by atoms with Gasteiger partial charge in [0.2, 0.25) is 0 Å². The number of methoxy groups -OCH3 is 1. The molecule has 110 valence electrons. The van der Waals surface area contributed by atoms with Gasteiger partial charge in [-0.3, -0.25) is 4.90 Å². The largest absolute Gasteiger partial charge is 0.497 e.